The molecule has 0 aromatic carbocycles. The zero-order valence-corrected chi connectivity index (χ0v) is 33.8. The van der Waals surface area contributed by atoms with Crippen molar-refractivity contribution in [2.45, 2.75) is 230 Å². The number of aliphatic hydroxyl groups excluding tert-OH is 4. The van der Waals surface area contributed by atoms with Crippen LogP contribution >= 0.6 is 0 Å². The maximum atomic E-state index is 12.7. The summed E-state index contributed by atoms with van der Waals surface area (Å²) in [6, 6.07) is 0. The Labute approximate surface area is 322 Å². The first-order chi connectivity index (χ1) is 25.8. The highest BCUT2D eigenvalue weighted by Crippen LogP contribution is 2.23. The molecule has 4 N–H and O–H groups in total. The fourth-order valence-corrected chi connectivity index (χ4v) is 6.65. The van der Waals surface area contributed by atoms with Crippen molar-refractivity contribution in [1.29, 1.82) is 0 Å². The molecule has 0 aromatic rings. The third kappa shape index (κ3) is 26.8. The molecule has 312 valence electrons. The van der Waals surface area contributed by atoms with Crippen LogP contribution in [0, 0.1) is 0 Å². The molecule has 0 radical (unpaired) electrons. The highest BCUT2D eigenvalue weighted by molar-refractivity contribution is 5.70. The first-order valence-electron chi connectivity index (χ1n) is 21.8. The normalized spacial score (nSPS) is 20.9. The van der Waals surface area contributed by atoms with Crippen LogP contribution in [0.5, 0.6) is 0 Å². The van der Waals surface area contributed by atoms with E-state index in [0.717, 1.165) is 57.8 Å². The summed E-state index contributed by atoms with van der Waals surface area (Å²) < 4.78 is 22.1. The number of hydrogen-bond acceptors (Lipinski definition) is 10. The van der Waals surface area contributed by atoms with E-state index in [1.807, 2.05) is 0 Å². The minimum absolute atomic E-state index is 0.217. The van der Waals surface area contributed by atoms with Gasteiger partial charge in [-0.3, -0.25) is 9.59 Å². The number of allylic oxidation sites excluding steroid dienone is 2. The molecule has 53 heavy (non-hydrogen) atoms. The van der Waals surface area contributed by atoms with Crippen molar-refractivity contribution in [2.75, 3.05) is 19.8 Å². The molecule has 0 aromatic heterocycles. The van der Waals surface area contributed by atoms with Gasteiger partial charge in [-0.25, -0.2) is 0 Å². The van der Waals surface area contributed by atoms with Crippen LogP contribution in [0.1, 0.15) is 194 Å². The van der Waals surface area contributed by atoms with Gasteiger partial charge in [0.1, 0.15) is 31.0 Å². The summed E-state index contributed by atoms with van der Waals surface area (Å²) in [4.78, 5) is 25.3. The van der Waals surface area contributed by atoms with Crippen LogP contribution in [0.25, 0.3) is 0 Å². The van der Waals surface area contributed by atoms with Gasteiger partial charge in [0.15, 0.2) is 12.4 Å². The molecule has 0 bridgehead atoms. The summed E-state index contributed by atoms with van der Waals surface area (Å²) in [5.74, 6) is -0.809. The molecule has 1 aliphatic heterocycles. The van der Waals surface area contributed by atoms with E-state index in [4.69, 9.17) is 18.9 Å². The second-order valence-electron chi connectivity index (χ2n) is 15.2. The van der Waals surface area contributed by atoms with Crippen molar-refractivity contribution in [1.82, 2.24) is 0 Å². The van der Waals surface area contributed by atoms with E-state index in [2.05, 4.69) is 26.0 Å². The number of unbranched alkanes of at least 4 members (excludes halogenated alkanes) is 23. The van der Waals surface area contributed by atoms with Crippen LogP contribution in [0.4, 0.5) is 0 Å². The third-order valence-corrected chi connectivity index (χ3v) is 10.2. The molecule has 1 fully saturated rings. The van der Waals surface area contributed by atoms with E-state index in [1.165, 1.54) is 103 Å². The van der Waals surface area contributed by atoms with Gasteiger partial charge in [0.05, 0.1) is 13.2 Å². The molecule has 0 saturated carbocycles. The minimum atomic E-state index is -1.59. The van der Waals surface area contributed by atoms with Gasteiger partial charge in [0, 0.05) is 12.8 Å². The van der Waals surface area contributed by atoms with E-state index in [-0.39, 0.29) is 32.0 Å². The zero-order valence-electron chi connectivity index (χ0n) is 33.8. The zero-order chi connectivity index (χ0) is 38.8. The SMILES string of the molecule is CCCCCCCC/C=C/CCCCCCCC(=O)OC[C@@H](CO[C@H]1O[C@@H](CO)[C@@H](O)C(O)C1O)OC(=O)CCCCCCCCCCCCCCC. The van der Waals surface area contributed by atoms with Gasteiger partial charge < -0.3 is 39.4 Å². The molecule has 6 atom stereocenters. The molecular weight excluding hydrogens is 676 g/mol. The van der Waals surface area contributed by atoms with Gasteiger partial charge in [0.2, 0.25) is 0 Å². The fourth-order valence-electron chi connectivity index (χ4n) is 6.65. The van der Waals surface area contributed by atoms with E-state index in [1.54, 1.807) is 0 Å². The largest absolute Gasteiger partial charge is 0.462 e. The van der Waals surface area contributed by atoms with Crippen molar-refractivity contribution in [3.05, 3.63) is 12.2 Å². The summed E-state index contributed by atoms with van der Waals surface area (Å²) in [5, 5.41) is 40.0. The molecule has 2 unspecified atom stereocenters. The number of aliphatic hydroxyl groups is 4. The molecular formula is C43H80O10. The Morgan fingerprint density at radius 3 is 1.47 bits per heavy atom. The average Bonchev–Trinajstić information content (AvgIpc) is 3.15. The van der Waals surface area contributed by atoms with Crippen molar-refractivity contribution < 1.29 is 49.0 Å². The van der Waals surface area contributed by atoms with Gasteiger partial charge in [-0.2, -0.15) is 0 Å². The quantitative estimate of drug-likeness (QED) is 0.0277. The Morgan fingerprint density at radius 1 is 0.566 bits per heavy atom. The summed E-state index contributed by atoms with van der Waals surface area (Å²) in [7, 11) is 0. The maximum Gasteiger partial charge on any atom is 0.306 e. The predicted octanol–water partition coefficient (Wildman–Crippen LogP) is 8.78. The number of esters is 2. The van der Waals surface area contributed by atoms with E-state index >= 15 is 0 Å². The Balaban J connectivity index is 2.34. The highest BCUT2D eigenvalue weighted by atomic mass is 16.7. The number of ether oxygens (including phenoxy) is 4. The molecule has 0 aliphatic carbocycles. The molecule has 1 heterocycles. The van der Waals surface area contributed by atoms with Gasteiger partial charge in [-0.1, -0.05) is 154 Å². The Bertz CT molecular complexity index is 881. The summed E-state index contributed by atoms with van der Waals surface area (Å²) in [6.45, 7) is 3.41. The lowest BCUT2D eigenvalue weighted by atomic mass is 9.99. The highest BCUT2D eigenvalue weighted by Gasteiger charge is 2.44. The molecule has 0 amide bonds. The molecule has 10 heteroatoms. The lowest BCUT2D eigenvalue weighted by Crippen LogP contribution is -2.59. The van der Waals surface area contributed by atoms with Gasteiger partial charge in [-0.15, -0.1) is 0 Å². The van der Waals surface area contributed by atoms with Crippen LogP contribution in [-0.4, -0.2) is 89.0 Å². The van der Waals surface area contributed by atoms with Crippen molar-refractivity contribution in [3.8, 4) is 0 Å². The number of hydrogen-bond donors (Lipinski definition) is 4. The van der Waals surface area contributed by atoms with Crippen molar-refractivity contribution in [3.63, 3.8) is 0 Å². The Morgan fingerprint density at radius 2 is 1.00 bits per heavy atom. The molecule has 1 saturated heterocycles. The third-order valence-electron chi connectivity index (χ3n) is 10.2. The van der Waals surface area contributed by atoms with E-state index in [0.29, 0.717) is 6.42 Å². The average molecular weight is 757 g/mol. The van der Waals surface area contributed by atoms with E-state index in [9.17, 15) is 30.0 Å². The minimum Gasteiger partial charge on any atom is -0.462 e. The van der Waals surface area contributed by atoms with Crippen LogP contribution in [-0.2, 0) is 28.5 Å². The molecule has 1 aliphatic rings. The van der Waals surface area contributed by atoms with Crippen LogP contribution in [0.2, 0.25) is 0 Å². The summed E-state index contributed by atoms with van der Waals surface area (Å²) >= 11 is 0. The van der Waals surface area contributed by atoms with Crippen LogP contribution < -0.4 is 0 Å². The summed E-state index contributed by atoms with van der Waals surface area (Å²) in [5.41, 5.74) is 0. The van der Waals surface area contributed by atoms with Gasteiger partial charge >= 0.3 is 11.9 Å². The van der Waals surface area contributed by atoms with E-state index < -0.39 is 49.4 Å². The fraction of sp³-hybridized carbons (Fsp3) is 0.907. The Kier molecular flexibility index (Phi) is 32.6. The smallest absolute Gasteiger partial charge is 0.306 e. The Hall–Kier alpha value is -1.56. The standard InChI is InChI=1S/C43H80O10/c1-3-5-7-9-11-13-15-17-18-20-21-23-25-27-29-31-38(45)50-34-36(35-51-43-42(49)41(48)40(47)37(33-44)53-43)52-39(46)32-30-28-26-24-22-19-16-14-12-10-8-6-4-2/h17-18,36-37,40-44,47-49H,3-16,19-35H2,1-2H3/b18-17+/t36-,37-,40+,41?,42?,43-/m0/s1. The second kappa shape index (κ2) is 34.9. The van der Waals surface area contributed by atoms with Gasteiger partial charge in [0.25, 0.3) is 0 Å². The second-order valence-corrected chi connectivity index (χ2v) is 15.2. The summed E-state index contributed by atoms with van der Waals surface area (Å²) in [6.07, 6.45) is 27.9. The lowest BCUT2D eigenvalue weighted by molar-refractivity contribution is -0.305. The van der Waals surface area contributed by atoms with Crippen LogP contribution in [0.15, 0.2) is 12.2 Å². The lowest BCUT2D eigenvalue weighted by Gasteiger charge is -2.39. The first kappa shape index (κ1) is 49.5. The van der Waals surface area contributed by atoms with Gasteiger partial charge in [-0.05, 0) is 38.5 Å². The molecule has 0 spiro atoms. The number of rotatable bonds is 36. The predicted molar refractivity (Wildman–Crippen MR) is 210 cm³/mol. The van der Waals surface area contributed by atoms with Crippen LogP contribution in [0.3, 0.4) is 0 Å². The number of carbonyl (C=O) groups excluding carboxylic acids is 2. The van der Waals surface area contributed by atoms with Crippen molar-refractivity contribution in [2.24, 2.45) is 0 Å². The maximum absolute atomic E-state index is 12.7. The number of carbonyl (C=O) groups is 2. The van der Waals surface area contributed by atoms with Crippen molar-refractivity contribution >= 4 is 11.9 Å². The first-order valence-corrected chi connectivity index (χ1v) is 21.8. The molecule has 10 nitrogen and oxygen atoms in total. The molecule has 1 rings (SSSR count). The monoisotopic (exact) mass is 757 g/mol. The topological polar surface area (TPSA) is 152 Å².